The van der Waals surface area contributed by atoms with Crippen molar-refractivity contribution >= 4 is 17.3 Å². The lowest BCUT2D eigenvalue weighted by atomic mass is 10.1. The molecule has 0 saturated heterocycles. The van der Waals surface area contributed by atoms with Crippen molar-refractivity contribution < 1.29 is 14.8 Å². The van der Waals surface area contributed by atoms with Gasteiger partial charge >= 0.3 is 5.97 Å². The zero-order chi connectivity index (χ0) is 14.0. The predicted octanol–water partition coefficient (Wildman–Crippen LogP) is 2.67. The Hall–Kier alpha value is -2.11. The molecule has 6 heteroatoms. The Morgan fingerprint density at radius 3 is 2.58 bits per heavy atom. The van der Waals surface area contributed by atoms with Crippen LogP contribution in [0.25, 0.3) is 0 Å². The van der Waals surface area contributed by atoms with E-state index in [1.165, 1.54) is 12.1 Å². The predicted molar refractivity (Wildman–Crippen MR) is 70.7 cm³/mol. The van der Waals surface area contributed by atoms with Gasteiger partial charge in [-0.2, -0.15) is 0 Å². The number of carbonyl (C=O) groups is 1. The van der Waals surface area contributed by atoms with Gasteiger partial charge in [-0.15, -0.1) is 0 Å². The third kappa shape index (κ3) is 2.67. The topological polar surface area (TPSA) is 83.7 Å². The third-order valence-electron chi connectivity index (χ3n) is 3.67. The van der Waals surface area contributed by atoms with E-state index in [0.717, 1.165) is 31.7 Å². The van der Waals surface area contributed by atoms with Crippen molar-refractivity contribution in [1.29, 1.82) is 0 Å². The van der Waals surface area contributed by atoms with Crippen LogP contribution >= 0.6 is 0 Å². The van der Waals surface area contributed by atoms with Gasteiger partial charge in [0.1, 0.15) is 0 Å². The summed E-state index contributed by atoms with van der Waals surface area (Å²) in [6, 6.07) is 4.33. The summed E-state index contributed by atoms with van der Waals surface area (Å²) in [5, 5.41) is 19.9. The van der Waals surface area contributed by atoms with Crippen molar-refractivity contribution in [2.75, 3.05) is 11.9 Å². The van der Waals surface area contributed by atoms with Crippen LogP contribution in [0.3, 0.4) is 0 Å². The van der Waals surface area contributed by atoms with Gasteiger partial charge in [0.05, 0.1) is 16.2 Å². The highest BCUT2D eigenvalue weighted by Crippen LogP contribution is 2.31. The summed E-state index contributed by atoms with van der Waals surface area (Å²) in [6.45, 7) is 0. The average Bonchev–Trinajstić information content (AvgIpc) is 2.90. The monoisotopic (exact) mass is 264 g/mol. The summed E-state index contributed by atoms with van der Waals surface area (Å²) in [5.41, 5.74) is 0.342. The van der Waals surface area contributed by atoms with Crippen LogP contribution < -0.4 is 4.90 Å². The van der Waals surface area contributed by atoms with E-state index in [1.54, 1.807) is 0 Å². The van der Waals surface area contributed by atoms with Gasteiger partial charge in [-0.25, -0.2) is 4.79 Å². The number of carboxylic acids is 1. The molecule has 0 heterocycles. The van der Waals surface area contributed by atoms with Crippen LogP contribution in [-0.2, 0) is 0 Å². The third-order valence-corrected chi connectivity index (χ3v) is 3.67. The Labute approximate surface area is 110 Å². The molecule has 0 atom stereocenters. The standard InChI is InChI=1S/C13H16N2O4/c1-14(9-4-2-3-5-9)12-7-6-10(15(18)19)8-11(12)13(16)17/h6-9H,2-5H2,1H3,(H,16,17). The Kier molecular flexibility index (Phi) is 3.69. The summed E-state index contributed by atoms with van der Waals surface area (Å²) in [6.07, 6.45) is 4.36. The molecule has 0 amide bonds. The fourth-order valence-electron chi connectivity index (χ4n) is 2.60. The van der Waals surface area contributed by atoms with Crippen LogP contribution in [-0.4, -0.2) is 29.1 Å². The minimum absolute atomic E-state index is 0.0106. The van der Waals surface area contributed by atoms with Gasteiger partial charge < -0.3 is 10.0 Å². The lowest BCUT2D eigenvalue weighted by Gasteiger charge is -2.27. The number of anilines is 1. The molecule has 1 aromatic carbocycles. The molecule has 0 bridgehead atoms. The van der Waals surface area contributed by atoms with Crippen LogP contribution in [0.15, 0.2) is 18.2 Å². The molecule has 0 radical (unpaired) electrons. The van der Waals surface area contributed by atoms with E-state index in [0.29, 0.717) is 11.7 Å². The number of hydrogen-bond acceptors (Lipinski definition) is 4. The molecule has 0 unspecified atom stereocenters. The van der Waals surface area contributed by atoms with E-state index in [-0.39, 0.29) is 11.3 Å². The molecule has 1 saturated carbocycles. The summed E-state index contributed by atoms with van der Waals surface area (Å²) >= 11 is 0. The first kappa shape index (κ1) is 13.3. The second-order valence-corrected chi connectivity index (χ2v) is 4.81. The molecule has 102 valence electrons. The van der Waals surface area contributed by atoms with E-state index < -0.39 is 10.9 Å². The fraction of sp³-hybridized carbons (Fsp3) is 0.462. The molecule has 6 nitrogen and oxygen atoms in total. The van der Waals surface area contributed by atoms with Crippen molar-refractivity contribution in [2.24, 2.45) is 0 Å². The maximum atomic E-state index is 11.3. The number of nitro benzene ring substituents is 1. The summed E-state index contributed by atoms with van der Waals surface area (Å²) in [4.78, 5) is 23.3. The zero-order valence-corrected chi connectivity index (χ0v) is 10.7. The van der Waals surface area contributed by atoms with E-state index in [9.17, 15) is 20.0 Å². The first-order valence-corrected chi connectivity index (χ1v) is 6.25. The molecular weight excluding hydrogens is 248 g/mol. The maximum absolute atomic E-state index is 11.3. The second kappa shape index (κ2) is 5.26. The zero-order valence-electron chi connectivity index (χ0n) is 10.7. The number of aromatic carboxylic acids is 1. The van der Waals surface area contributed by atoms with Crippen LogP contribution in [0.4, 0.5) is 11.4 Å². The summed E-state index contributed by atoms with van der Waals surface area (Å²) in [5.74, 6) is -1.14. The van der Waals surface area contributed by atoms with E-state index >= 15 is 0 Å². The van der Waals surface area contributed by atoms with Gasteiger partial charge in [-0.3, -0.25) is 10.1 Å². The molecule has 0 aromatic heterocycles. The van der Waals surface area contributed by atoms with Gasteiger partial charge in [0.25, 0.3) is 5.69 Å². The highest BCUT2D eigenvalue weighted by atomic mass is 16.6. The van der Waals surface area contributed by atoms with Gasteiger partial charge in [0.2, 0.25) is 0 Å². The quantitative estimate of drug-likeness (QED) is 0.667. The van der Waals surface area contributed by atoms with Crippen LogP contribution in [0, 0.1) is 10.1 Å². The highest BCUT2D eigenvalue weighted by molar-refractivity contribution is 5.95. The molecule has 0 spiro atoms. The largest absolute Gasteiger partial charge is 0.478 e. The minimum atomic E-state index is -1.14. The number of non-ortho nitro benzene ring substituents is 1. The fourth-order valence-corrected chi connectivity index (χ4v) is 2.60. The van der Waals surface area contributed by atoms with Gasteiger partial charge in [0.15, 0.2) is 0 Å². The Bertz CT molecular complexity index is 509. The average molecular weight is 264 g/mol. The van der Waals surface area contributed by atoms with Crippen molar-refractivity contribution in [3.8, 4) is 0 Å². The molecule has 2 rings (SSSR count). The summed E-state index contributed by atoms with van der Waals surface area (Å²) < 4.78 is 0. The van der Waals surface area contributed by atoms with Crippen molar-refractivity contribution in [1.82, 2.24) is 0 Å². The first-order valence-electron chi connectivity index (χ1n) is 6.25. The number of nitrogens with zero attached hydrogens (tertiary/aromatic N) is 2. The SMILES string of the molecule is CN(c1ccc([N+](=O)[O-])cc1C(=O)O)C1CCCC1. The molecule has 1 aliphatic rings. The minimum Gasteiger partial charge on any atom is -0.478 e. The molecular formula is C13H16N2O4. The summed E-state index contributed by atoms with van der Waals surface area (Å²) in [7, 11) is 1.85. The van der Waals surface area contributed by atoms with E-state index in [1.807, 2.05) is 11.9 Å². The second-order valence-electron chi connectivity index (χ2n) is 4.81. The van der Waals surface area contributed by atoms with E-state index in [4.69, 9.17) is 0 Å². The van der Waals surface area contributed by atoms with Gasteiger partial charge in [-0.05, 0) is 18.9 Å². The molecule has 0 aliphatic heterocycles. The lowest BCUT2D eigenvalue weighted by molar-refractivity contribution is -0.384. The molecule has 1 fully saturated rings. The van der Waals surface area contributed by atoms with Crippen molar-refractivity contribution in [3.63, 3.8) is 0 Å². The molecule has 1 aromatic rings. The van der Waals surface area contributed by atoms with Crippen LogP contribution in [0.2, 0.25) is 0 Å². The number of rotatable bonds is 4. The van der Waals surface area contributed by atoms with Crippen molar-refractivity contribution in [3.05, 3.63) is 33.9 Å². The molecule has 1 aliphatic carbocycles. The molecule has 1 N–H and O–H groups in total. The number of nitro groups is 1. The number of benzene rings is 1. The molecule has 19 heavy (non-hydrogen) atoms. The van der Waals surface area contributed by atoms with Crippen LogP contribution in [0.1, 0.15) is 36.0 Å². The Morgan fingerprint density at radius 1 is 1.42 bits per heavy atom. The maximum Gasteiger partial charge on any atom is 0.338 e. The smallest absolute Gasteiger partial charge is 0.338 e. The lowest BCUT2D eigenvalue weighted by Crippen LogP contribution is -2.30. The normalized spacial score (nSPS) is 15.4. The van der Waals surface area contributed by atoms with Crippen molar-refractivity contribution in [2.45, 2.75) is 31.7 Å². The first-order chi connectivity index (χ1) is 9.00. The van der Waals surface area contributed by atoms with Gasteiger partial charge in [-0.1, -0.05) is 12.8 Å². The van der Waals surface area contributed by atoms with Crippen LogP contribution in [0.5, 0.6) is 0 Å². The number of hydrogen-bond donors (Lipinski definition) is 1. The highest BCUT2D eigenvalue weighted by Gasteiger charge is 2.24. The Balaban J connectivity index is 2.38. The number of carboxylic acid groups (broad SMARTS) is 1. The van der Waals surface area contributed by atoms with Gasteiger partial charge in [0, 0.05) is 25.2 Å². The Morgan fingerprint density at radius 2 is 2.05 bits per heavy atom. The van der Waals surface area contributed by atoms with E-state index in [2.05, 4.69) is 0 Å².